The van der Waals surface area contributed by atoms with E-state index < -0.39 is 0 Å². The van der Waals surface area contributed by atoms with Gasteiger partial charge < -0.3 is 10.1 Å². The molecule has 0 aliphatic rings. The summed E-state index contributed by atoms with van der Waals surface area (Å²) >= 11 is 1.60. The second-order valence-electron chi connectivity index (χ2n) is 5.54. The number of rotatable bonds is 7. The molecule has 0 aliphatic carbocycles. The van der Waals surface area contributed by atoms with Crippen LogP contribution in [0.4, 0.5) is 0 Å². The molecular formula is C19H19N3O2S. The van der Waals surface area contributed by atoms with E-state index in [2.05, 4.69) is 15.3 Å². The van der Waals surface area contributed by atoms with Gasteiger partial charge in [0.25, 0.3) is 5.91 Å². The summed E-state index contributed by atoms with van der Waals surface area (Å²) in [7, 11) is 0. The van der Waals surface area contributed by atoms with Gasteiger partial charge in [0, 0.05) is 29.9 Å². The van der Waals surface area contributed by atoms with Gasteiger partial charge in [0.1, 0.15) is 12.4 Å². The van der Waals surface area contributed by atoms with E-state index >= 15 is 0 Å². The first-order valence-corrected chi connectivity index (χ1v) is 8.89. The van der Waals surface area contributed by atoms with Gasteiger partial charge in [-0.1, -0.05) is 12.1 Å². The molecule has 1 N–H and O–H groups in total. The molecule has 0 saturated heterocycles. The Hall–Kier alpha value is -2.73. The number of carbonyl (C=O) groups excluding carboxylic acids is 1. The molecule has 3 aromatic rings. The highest BCUT2D eigenvalue weighted by Gasteiger charge is 2.07. The highest BCUT2D eigenvalue weighted by atomic mass is 32.1. The minimum absolute atomic E-state index is 0.112. The smallest absolute Gasteiger partial charge is 0.251 e. The number of pyridine rings is 1. The highest BCUT2D eigenvalue weighted by Crippen LogP contribution is 2.16. The Balaban J connectivity index is 1.52. The molecule has 3 rings (SSSR count). The quantitative estimate of drug-likeness (QED) is 0.707. The lowest BCUT2D eigenvalue weighted by Gasteiger charge is -2.08. The number of nitrogens with zero attached hydrogens (tertiary/aromatic N) is 2. The first-order chi connectivity index (χ1) is 12.2. The molecule has 0 radical (unpaired) electrons. The van der Waals surface area contributed by atoms with E-state index in [0.717, 1.165) is 22.7 Å². The topological polar surface area (TPSA) is 64.1 Å². The molecule has 2 aromatic heterocycles. The van der Waals surface area contributed by atoms with Gasteiger partial charge in [-0.25, -0.2) is 4.98 Å². The molecule has 0 saturated carbocycles. The standard InChI is InChI=1S/C19H19N3O2S/c1-14-22-17(13-25-14)12-24-18-6-2-5-16(10-18)19(23)21-9-7-15-4-3-8-20-11-15/h2-6,8,10-11,13H,7,9,12H2,1H3,(H,21,23). The maximum absolute atomic E-state index is 12.3. The van der Waals surface area contributed by atoms with E-state index in [-0.39, 0.29) is 5.91 Å². The second-order valence-corrected chi connectivity index (χ2v) is 6.60. The number of hydrogen-bond acceptors (Lipinski definition) is 5. The molecular weight excluding hydrogens is 334 g/mol. The Kier molecular flexibility index (Phi) is 5.74. The van der Waals surface area contributed by atoms with Crippen molar-refractivity contribution in [2.45, 2.75) is 20.0 Å². The van der Waals surface area contributed by atoms with Crippen molar-refractivity contribution >= 4 is 17.2 Å². The van der Waals surface area contributed by atoms with Crippen LogP contribution >= 0.6 is 11.3 Å². The molecule has 0 atom stereocenters. The summed E-state index contributed by atoms with van der Waals surface area (Å²) in [5.74, 6) is 0.546. The number of hydrogen-bond donors (Lipinski definition) is 1. The number of nitrogens with one attached hydrogen (secondary N) is 1. The van der Waals surface area contributed by atoms with Crippen LogP contribution in [-0.2, 0) is 13.0 Å². The SMILES string of the molecule is Cc1nc(COc2cccc(C(=O)NCCc3cccnc3)c2)cs1. The van der Waals surface area contributed by atoms with Gasteiger partial charge >= 0.3 is 0 Å². The number of amides is 1. The van der Waals surface area contributed by atoms with Crippen molar-refractivity contribution in [1.82, 2.24) is 15.3 Å². The molecule has 0 bridgehead atoms. The van der Waals surface area contributed by atoms with Crippen LogP contribution in [0, 0.1) is 6.92 Å². The van der Waals surface area contributed by atoms with Gasteiger partial charge in [0.15, 0.2) is 0 Å². The average Bonchev–Trinajstić information content (AvgIpc) is 3.06. The van der Waals surface area contributed by atoms with Gasteiger partial charge in [0.05, 0.1) is 10.7 Å². The predicted octanol–water partition coefficient (Wildman–Crippen LogP) is 3.40. The molecule has 1 amide bonds. The zero-order chi connectivity index (χ0) is 17.5. The summed E-state index contributed by atoms with van der Waals surface area (Å²) in [6, 6.07) is 11.1. The monoisotopic (exact) mass is 353 g/mol. The highest BCUT2D eigenvalue weighted by molar-refractivity contribution is 7.09. The minimum Gasteiger partial charge on any atom is -0.487 e. The summed E-state index contributed by atoms with van der Waals surface area (Å²) in [6.45, 7) is 2.93. The maximum atomic E-state index is 12.3. The van der Waals surface area contributed by atoms with Crippen LogP contribution in [0.2, 0.25) is 0 Å². The molecule has 0 fully saturated rings. The molecule has 1 aromatic carbocycles. The van der Waals surface area contributed by atoms with E-state index in [1.165, 1.54) is 0 Å². The number of benzene rings is 1. The summed E-state index contributed by atoms with van der Waals surface area (Å²) < 4.78 is 5.73. The third kappa shape index (κ3) is 5.12. The van der Waals surface area contributed by atoms with Crippen molar-refractivity contribution in [3.05, 3.63) is 76.0 Å². The lowest BCUT2D eigenvalue weighted by atomic mass is 10.2. The van der Waals surface area contributed by atoms with Crippen LogP contribution in [0.25, 0.3) is 0 Å². The van der Waals surface area contributed by atoms with E-state index in [1.807, 2.05) is 36.6 Å². The van der Waals surface area contributed by atoms with Gasteiger partial charge in [0.2, 0.25) is 0 Å². The number of ether oxygens (including phenoxy) is 1. The van der Waals surface area contributed by atoms with Crippen LogP contribution in [0.1, 0.15) is 26.6 Å². The van der Waals surface area contributed by atoms with E-state index in [9.17, 15) is 4.79 Å². The fourth-order valence-electron chi connectivity index (χ4n) is 2.33. The summed E-state index contributed by atoms with van der Waals surface area (Å²) in [4.78, 5) is 20.7. The first-order valence-electron chi connectivity index (χ1n) is 8.02. The third-order valence-electron chi connectivity index (χ3n) is 3.57. The molecule has 2 heterocycles. The zero-order valence-corrected chi connectivity index (χ0v) is 14.8. The number of aromatic nitrogens is 2. The Morgan fingerprint density at radius 3 is 2.96 bits per heavy atom. The van der Waals surface area contributed by atoms with Crippen LogP contribution < -0.4 is 10.1 Å². The number of aryl methyl sites for hydroxylation is 1. The van der Waals surface area contributed by atoms with Gasteiger partial charge in [-0.05, 0) is 43.2 Å². The Morgan fingerprint density at radius 2 is 2.20 bits per heavy atom. The number of carbonyl (C=O) groups is 1. The van der Waals surface area contributed by atoms with Crippen LogP contribution in [0.5, 0.6) is 5.75 Å². The molecule has 128 valence electrons. The van der Waals surface area contributed by atoms with Crippen molar-refractivity contribution < 1.29 is 9.53 Å². The van der Waals surface area contributed by atoms with Crippen LogP contribution in [0.15, 0.2) is 54.2 Å². The van der Waals surface area contributed by atoms with Crippen LogP contribution in [-0.4, -0.2) is 22.4 Å². The van der Waals surface area contributed by atoms with Crippen molar-refractivity contribution in [2.75, 3.05) is 6.54 Å². The molecule has 6 heteroatoms. The second kappa shape index (κ2) is 8.39. The van der Waals surface area contributed by atoms with Crippen LogP contribution in [0.3, 0.4) is 0 Å². The zero-order valence-electron chi connectivity index (χ0n) is 13.9. The largest absolute Gasteiger partial charge is 0.487 e. The predicted molar refractivity (Wildman–Crippen MR) is 97.9 cm³/mol. The van der Waals surface area contributed by atoms with Gasteiger partial charge in [-0.15, -0.1) is 11.3 Å². The lowest BCUT2D eigenvalue weighted by Crippen LogP contribution is -2.25. The normalized spacial score (nSPS) is 10.4. The van der Waals surface area contributed by atoms with Gasteiger partial charge in [-0.2, -0.15) is 0 Å². The summed E-state index contributed by atoms with van der Waals surface area (Å²) in [6.07, 6.45) is 4.29. The van der Waals surface area contributed by atoms with Crippen molar-refractivity contribution in [2.24, 2.45) is 0 Å². The Labute approximate surface area is 150 Å². The summed E-state index contributed by atoms with van der Waals surface area (Å²) in [5.41, 5.74) is 2.57. The minimum atomic E-state index is -0.112. The van der Waals surface area contributed by atoms with E-state index in [0.29, 0.717) is 24.5 Å². The molecule has 0 unspecified atom stereocenters. The van der Waals surface area contributed by atoms with Gasteiger partial charge in [-0.3, -0.25) is 9.78 Å². The Morgan fingerprint density at radius 1 is 1.28 bits per heavy atom. The third-order valence-corrected chi connectivity index (χ3v) is 4.39. The first kappa shape index (κ1) is 17.1. The lowest BCUT2D eigenvalue weighted by molar-refractivity contribution is 0.0953. The molecule has 5 nitrogen and oxygen atoms in total. The average molecular weight is 353 g/mol. The van der Waals surface area contributed by atoms with Crippen molar-refractivity contribution in [1.29, 1.82) is 0 Å². The van der Waals surface area contributed by atoms with Crippen molar-refractivity contribution in [3.63, 3.8) is 0 Å². The van der Waals surface area contributed by atoms with E-state index in [4.69, 9.17) is 4.74 Å². The van der Waals surface area contributed by atoms with E-state index in [1.54, 1.807) is 35.9 Å². The Bertz CT molecular complexity index is 833. The molecule has 25 heavy (non-hydrogen) atoms. The number of thiazole rings is 1. The fourth-order valence-corrected chi connectivity index (χ4v) is 2.92. The molecule has 0 aliphatic heterocycles. The van der Waals surface area contributed by atoms with Crippen molar-refractivity contribution in [3.8, 4) is 5.75 Å². The maximum Gasteiger partial charge on any atom is 0.251 e. The summed E-state index contributed by atoms with van der Waals surface area (Å²) in [5, 5.41) is 5.91. The molecule has 0 spiro atoms. The fraction of sp³-hybridized carbons (Fsp3) is 0.211.